The number of nitrogens with one attached hydrogen (secondary N) is 1. The van der Waals surface area contributed by atoms with Crippen LogP contribution < -0.4 is 5.32 Å². The van der Waals surface area contributed by atoms with Gasteiger partial charge in [0.25, 0.3) is 0 Å². The number of fused-ring (bicyclic) bond motifs is 1. The fraction of sp³-hybridized carbons (Fsp3) is 0.312. The highest BCUT2D eigenvalue weighted by molar-refractivity contribution is 5.80. The zero-order valence-electron chi connectivity index (χ0n) is 12.4. The first-order valence-electron chi connectivity index (χ1n) is 7.17. The highest BCUT2D eigenvalue weighted by Gasteiger charge is 2.03. The number of anilines is 1. The van der Waals surface area contributed by atoms with E-state index in [1.165, 1.54) is 5.56 Å². The summed E-state index contributed by atoms with van der Waals surface area (Å²) in [5.74, 6) is 0.880. The summed E-state index contributed by atoms with van der Waals surface area (Å²) in [4.78, 5) is 13.1. The average Bonchev–Trinajstić information content (AvgIpc) is 2.96. The Hall–Kier alpha value is -2.43. The van der Waals surface area contributed by atoms with Crippen LogP contribution in [0.25, 0.3) is 11.0 Å². The van der Waals surface area contributed by atoms with E-state index < -0.39 is 0 Å². The number of rotatable bonds is 5. The molecule has 108 valence electrons. The molecule has 3 rings (SSSR count). The van der Waals surface area contributed by atoms with Crippen LogP contribution in [-0.4, -0.2) is 26.1 Å². The number of aromatic nitrogens is 4. The zero-order valence-corrected chi connectivity index (χ0v) is 12.4. The van der Waals surface area contributed by atoms with Gasteiger partial charge in [0.2, 0.25) is 0 Å². The van der Waals surface area contributed by atoms with E-state index in [0.717, 1.165) is 42.1 Å². The second kappa shape index (κ2) is 5.91. The normalized spacial score (nSPS) is 11.0. The quantitative estimate of drug-likeness (QED) is 0.731. The molecule has 0 fully saturated rings. The van der Waals surface area contributed by atoms with Gasteiger partial charge in [-0.15, -0.1) is 0 Å². The van der Waals surface area contributed by atoms with Gasteiger partial charge < -0.3 is 9.88 Å². The van der Waals surface area contributed by atoms with Gasteiger partial charge in [-0.3, -0.25) is 0 Å². The van der Waals surface area contributed by atoms with Crippen molar-refractivity contribution in [3.63, 3.8) is 0 Å². The lowest BCUT2D eigenvalue weighted by Crippen LogP contribution is -2.07. The molecule has 0 atom stereocenters. The summed E-state index contributed by atoms with van der Waals surface area (Å²) in [5, 5.41) is 4.47. The first-order valence-corrected chi connectivity index (χ1v) is 7.17. The van der Waals surface area contributed by atoms with Crippen molar-refractivity contribution < 1.29 is 0 Å². The molecule has 0 aliphatic carbocycles. The van der Waals surface area contributed by atoms with Gasteiger partial charge in [0.15, 0.2) is 5.65 Å². The van der Waals surface area contributed by atoms with Crippen molar-refractivity contribution in [2.24, 2.45) is 0 Å². The fourth-order valence-corrected chi connectivity index (χ4v) is 2.43. The first-order chi connectivity index (χ1) is 10.2. The Kier molecular flexibility index (Phi) is 3.81. The summed E-state index contributed by atoms with van der Waals surface area (Å²) in [7, 11) is 0. The van der Waals surface area contributed by atoms with E-state index in [1.54, 1.807) is 6.20 Å². The Morgan fingerprint density at radius 3 is 2.90 bits per heavy atom. The molecule has 3 aromatic heterocycles. The fourth-order valence-electron chi connectivity index (χ4n) is 2.43. The van der Waals surface area contributed by atoms with E-state index in [2.05, 4.69) is 43.9 Å². The summed E-state index contributed by atoms with van der Waals surface area (Å²) in [5.41, 5.74) is 3.04. The van der Waals surface area contributed by atoms with Gasteiger partial charge in [0.1, 0.15) is 5.82 Å². The molecule has 0 amide bonds. The molecule has 3 heterocycles. The molecule has 1 N–H and O–H groups in total. The van der Waals surface area contributed by atoms with Crippen LogP contribution in [0.2, 0.25) is 0 Å². The maximum absolute atomic E-state index is 4.59. The Labute approximate surface area is 124 Å². The van der Waals surface area contributed by atoms with Gasteiger partial charge >= 0.3 is 0 Å². The number of pyridine rings is 2. The molecule has 3 aromatic rings. The topological polar surface area (TPSA) is 55.6 Å². The monoisotopic (exact) mass is 281 g/mol. The van der Waals surface area contributed by atoms with Crippen molar-refractivity contribution in [3.05, 3.63) is 48.2 Å². The van der Waals surface area contributed by atoms with Crippen LogP contribution in [0.3, 0.4) is 0 Å². The first kappa shape index (κ1) is 13.5. The molecule has 0 unspecified atom stereocenters. The van der Waals surface area contributed by atoms with E-state index in [4.69, 9.17) is 0 Å². The van der Waals surface area contributed by atoms with E-state index in [1.807, 2.05) is 25.5 Å². The summed E-state index contributed by atoms with van der Waals surface area (Å²) in [6.07, 6.45) is 6.64. The smallest absolute Gasteiger partial charge is 0.162 e. The van der Waals surface area contributed by atoms with Gasteiger partial charge in [-0.25, -0.2) is 15.0 Å². The molecule has 0 bridgehead atoms. The standard InChI is InChI=1S/C16H19N5/c1-12-10-13(2)19-16-14(12)4-5-15(20-16)18-6-3-8-21-9-7-17-11-21/h4-5,7,9-11H,3,6,8H2,1-2H3,(H,18,19,20). The number of aryl methyl sites for hydroxylation is 3. The third kappa shape index (κ3) is 3.18. The van der Waals surface area contributed by atoms with E-state index in [9.17, 15) is 0 Å². The van der Waals surface area contributed by atoms with Crippen molar-refractivity contribution in [1.82, 2.24) is 19.5 Å². The lowest BCUT2D eigenvalue weighted by molar-refractivity contribution is 0.660. The van der Waals surface area contributed by atoms with E-state index in [-0.39, 0.29) is 0 Å². The van der Waals surface area contributed by atoms with Gasteiger partial charge in [-0.2, -0.15) is 0 Å². The zero-order chi connectivity index (χ0) is 14.7. The Morgan fingerprint density at radius 1 is 1.19 bits per heavy atom. The lowest BCUT2D eigenvalue weighted by atomic mass is 10.1. The van der Waals surface area contributed by atoms with Crippen molar-refractivity contribution in [2.75, 3.05) is 11.9 Å². The van der Waals surface area contributed by atoms with Crippen LogP contribution in [0.1, 0.15) is 17.7 Å². The SMILES string of the molecule is Cc1cc(C)c2ccc(NCCCn3ccnc3)nc2n1. The minimum atomic E-state index is 0.812. The van der Waals surface area contributed by atoms with Crippen LogP contribution in [0.4, 0.5) is 5.82 Å². The van der Waals surface area contributed by atoms with Crippen molar-refractivity contribution in [1.29, 1.82) is 0 Å². The third-order valence-electron chi connectivity index (χ3n) is 3.47. The molecule has 5 heteroatoms. The summed E-state index contributed by atoms with van der Waals surface area (Å²) >= 11 is 0. The van der Waals surface area contributed by atoms with Gasteiger partial charge in [0.05, 0.1) is 6.33 Å². The maximum atomic E-state index is 4.59. The predicted octanol–water partition coefficient (Wildman–Crippen LogP) is 2.95. The summed E-state index contributed by atoms with van der Waals surface area (Å²) in [6.45, 7) is 5.93. The predicted molar refractivity (Wildman–Crippen MR) is 84.3 cm³/mol. The van der Waals surface area contributed by atoms with Crippen LogP contribution in [0, 0.1) is 13.8 Å². The second-order valence-electron chi connectivity index (χ2n) is 5.23. The summed E-state index contributed by atoms with van der Waals surface area (Å²) < 4.78 is 2.07. The molecule has 0 aromatic carbocycles. The van der Waals surface area contributed by atoms with Gasteiger partial charge in [-0.1, -0.05) is 0 Å². The molecule has 0 spiro atoms. The van der Waals surface area contributed by atoms with Crippen molar-refractivity contribution in [3.8, 4) is 0 Å². The maximum Gasteiger partial charge on any atom is 0.162 e. The number of hydrogen-bond donors (Lipinski definition) is 1. The van der Waals surface area contributed by atoms with Gasteiger partial charge in [-0.05, 0) is 44.0 Å². The largest absolute Gasteiger partial charge is 0.370 e. The minimum Gasteiger partial charge on any atom is -0.370 e. The molecule has 0 saturated carbocycles. The molecule has 0 radical (unpaired) electrons. The molecular formula is C16H19N5. The minimum absolute atomic E-state index is 0.812. The van der Waals surface area contributed by atoms with Crippen molar-refractivity contribution >= 4 is 16.9 Å². The van der Waals surface area contributed by atoms with E-state index in [0.29, 0.717) is 0 Å². The Balaban J connectivity index is 1.64. The molecular weight excluding hydrogens is 262 g/mol. The molecule has 0 aliphatic heterocycles. The van der Waals surface area contributed by atoms with Crippen LogP contribution in [-0.2, 0) is 6.54 Å². The lowest BCUT2D eigenvalue weighted by Gasteiger charge is -2.08. The molecule has 5 nitrogen and oxygen atoms in total. The molecule has 21 heavy (non-hydrogen) atoms. The van der Waals surface area contributed by atoms with E-state index >= 15 is 0 Å². The molecule has 0 aliphatic rings. The molecule has 0 saturated heterocycles. The Bertz CT molecular complexity index is 734. The van der Waals surface area contributed by atoms with Crippen LogP contribution in [0.5, 0.6) is 0 Å². The van der Waals surface area contributed by atoms with Crippen LogP contribution in [0.15, 0.2) is 36.9 Å². The van der Waals surface area contributed by atoms with Gasteiger partial charge in [0, 0.05) is 36.6 Å². The van der Waals surface area contributed by atoms with Crippen LogP contribution >= 0.6 is 0 Å². The number of hydrogen-bond acceptors (Lipinski definition) is 4. The van der Waals surface area contributed by atoms with Crippen molar-refractivity contribution in [2.45, 2.75) is 26.8 Å². The third-order valence-corrected chi connectivity index (χ3v) is 3.47. The Morgan fingerprint density at radius 2 is 2.10 bits per heavy atom. The summed E-state index contributed by atoms with van der Waals surface area (Å²) in [6, 6.07) is 6.19. The highest BCUT2D eigenvalue weighted by atomic mass is 15.0. The number of imidazole rings is 1. The second-order valence-corrected chi connectivity index (χ2v) is 5.23. The highest BCUT2D eigenvalue weighted by Crippen LogP contribution is 2.18. The number of nitrogens with zero attached hydrogens (tertiary/aromatic N) is 4. The average molecular weight is 281 g/mol.